The second-order valence-electron chi connectivity index (χ2n) is 10.8. The third-order valence-corrected chi connectivity index (χ3v) is 9.30. The number of benzene rings is 4. The van der Waals surface area contributed by atoms with Crippen molar-refractivity contribution < 1.29 is 4.79 Å². The number of hydrogen-bond donors (Lipinski definition) is 0. The number of rotatable bonds is 5. The van der Waals surface area contributed by atoms with Crippen LogP contribution >= 0.6 is 11.6 Å². The molecule has 0 N–H and O–H groups in total. The van der Waals surface area contributed by atoms with E-state index >= 15 is 0 Å². The highest BCUT2D eigenvalue weighted by Gasteiger charge is 2.63. The van der Waals surface area contributed by atoms with Crippen LogP contribution in [0.2, 0.25) is 5.02 Å². The molecule has 4 aromatic rings. The Balaban J connectivity index is 1.70. The lowest BCUT2D eigenvalue weighted by molar-refractivity contribution is 0.0877. The third kappa shape index (κ3) is 3.81. The third-order valence-electron chi connectivity index (χ3n) is 9.05. The van der Waals surface area contributed by atoms with Crippen molar-refractivity contribution in [3.63, 3.8) is 0 Å². The molecule has 1 heterocycles. The molecule has 2 nitrogen and oxygen atoms in total. The van der Waals surface area contributed by atoms with Gasteiger partial charge in [-0.05, 0) is 64.6 Å². The number of Topliss-reactive ketones (excluding diaryl/α,β-unsaturated/α-hetero) is 1. The molecule has 1 aliphatic heterocycles. The molecule has 2 aliphatic rings. The molecule has 0 saturated heterocycles. The summed E-state index contributed by atoms with van der Waals surface area (Å²) >= 11 is 6.34. The van der Waals surface area contributed by atoms with Crippen LogP contribution in [0.15, 0.2) is 121 Å². The molecule has 0 radical (unpaired) electrons. The van der Waals surface area contributed by atoms with Gasteiger partial charge in [-0.3, -0.25) is 4.79 Å². The highest BCUT2D eigenvalue weighted by atomic mass is 35.5. The molecule has 6 rings (SSSR count). The zero-order chi connectivity index (χ0) is 27.2. The SMILES string of the molecule is CC[C@@]1(C)c2ccccc2N(C)[C@@]12C=C(c1ccccc1)C=C(c1ccc(Cl)cc1)[C@@H]2C(=O)c1ccccc1. The van der Waals surface area contributed by atoms with E-state index in [1.54, 1.807) is 0 Å². The highest BCUT2D eigenvalue weighted by molar-refractivity contribution is 6.30. The molecular formula is C36H32ClNO. The number of hydrogen-bond acceptors (Lipinski definition) is 2. The lowest BCUT2D eigenvalue weighted by atomic mass is 9.55. The fraction of sp³-hybridized carbons (Fsp3) is 0.194. The van der Waals surface area contributed by atoms with Gasteiger partial charge in [0.25, 0.3) is 0 Å². The van der Waals surface area contributed by atoms with Crippen molar-refractivity contribution in [1.29, 1.82) is 0 Å². The van der Waals surface area contributed by atoms with E-state index in [0.29, 0.717) is 5.02 Å². The summed E-state index contributed by atoms with van der Waals surface area (Å²) in [5.41, 5.74) is 6.48. The number of likely N-dealkylation sites (N-methyl/N-ethyl adjacent to an activating group) is 1. The number of carbonyl (C=O) groups is 1. The van der Waals surface area contributed by atoms with E-state index in [4.69, 9.17) is 11.6 Å². The van der Waals surface area contributed by atoms with Gasteiger partial charge in [0.05, 0.1) is 11.5 Å². The van der Waals surface area contributed by atoms with Crippen LogP contribution < -0.4 is 4.90 Å². The molecule has 0 aromatic heterocycles. The van der Waals surface area contributed by atoms with Crippen molar-refractivity contribution in [2.75, 3.05) is 11.9 Å². The second kappa shape index (κ2) is 9.70. The van der Waals surface area contributed by atoms with E-state index in [9.17, 15) is 4.79 Å². The summed E-state index contributed by atoms with van der Waals surface area (Å²) in [6.07, 6.45) is 5.48. The van der Waals surface area contributed by atoms with Gasteiger partial charge in [0, 0.05) is 28.7 Å². The van der Waals surface area contributed by atoms with Gasteiger partial charge in [0.2, 0.25) is 0 Å². The Bertz CT molecular complexity index is 1590. The summed E-state index contributed by atoms with van der Waals surface area (Å²) in [7, 11) is 2.16. The van der Waals surface area contributed by atoms with Crippen LogP contribution in [0.1, 0.15) is 47.3 Å². The number of halogens is 1. The quantitative estimate of drug-likeness (QED) is 0.240. The second-order valence-corrected chi connectivity index (χ2v) is 11.3. The topological polar surface area (TPSA) is 20.3 Å². The van der Waals surface area contributed by atoms with Crippen molar-refractivity contribution in [3.8, 4) is 0 Å². The largest absolute Gasteiger partial charge is 0.363 e. The predicted molar refractivity (Wildman–Crippen MR) is 163 cm³/mol. The van der Waals surface area contributed by atoms with Crippen LogP contribution in [0.25, 0.3) is 11.1 Å². The lowest BCUT2D eigenvalue weighted by Crippen LogP contribution is -2.62. The molecule has 0 fully saturated rings. The van der Waals surface area contributed by atoms with E-state index in [-0.39, 0.29) is 11.2 Å². The van der Waals surface area contributed by atoms with Crippen molar-refractivity contribution in [2.24, 2.45) is 5.92 Å². The first-order chi connectivity index (χ1) is 18.9. The maximum absolute atomic E-state index is 14.8. The zero-order valence-electron chi connectivity index (χ0n) is 22.6. The molecule has 0 amide bonds. The Morgan fingerprint density at radius 3 is 2.10 bits per heavy atom. The monoisotopic (exact) mass is 529 g/mol. The summed E-state index contributed by atoms with van der Waals surface area (Å²) in [5.74, 6) is -0.324. The van der Waals surface area contributed by atoms with Crippen molar-refractivity contribution >= 4 is 34.2 Å². The van der Waals surface area contributed by atoms with Gasteiger partial charge in [0.15, 0.2) is 5.78 Å². The first-order valence-corrected chi connectivity index (χ1v) is 14.0. The fourth-order valence-electron chi connectivity index (χ4n) is 6.91. The van der Waals surface area contributed by atoms with Gasteiger partial charge < -0.3 is 4.90 Å². The Morgan fingerprint density at radius 2 is 1.44 bits per heavy atom. The van der Waals surface area contributed by atoms with Crippen molar-refractivity contribution in [2.45, 2.75) is 31.2 Å². The van der Waals surface area contributed by atoms with Crippen LogP contribution in [0.4, 0.5) is 5.69 Å². The van der Waals surface area contributed by atoms with Crippen LogP contribution in [0.3, 0.4) is 0 Å². The van der Waals surface area contributed by atoms with E-state index in [0.717, 1.165) is 34.3 Å². The number of para-hydroxylation sites is 1. The number of carbonyl (C=O) groups excluding carboxylic acids is 1. The minimum absolute atomic E-state index is 0.125. The lowest BCUT2D eigenvalue weighted by Gasteiger charge is -2.53. The molecule has 1 aliphatic carbocycles. The standard InChI is InChI=1S/C36H32ClNO/c1-4-35(2)31-17-11-12-18-32(31)38(3)36(35)24-28(25-13-7-5-8-14-25)23-30(26-19-21-29(37)22-20-26)33(36)34(39)27-15-9-6-10-16-27/h5-24,33H,4H2,1-3H3/t33-,35+,36-/m1/s1. The summed E-state index contributed by atoms with van der Waals surface area (Å²) in [5, 5.41) is 0.679. The molecule has 3 atom stereocenters. The Morgan fingerprint density at radius 1 is 0.821 bits per heavy atom. The number of anilines is 1. The smallest absolute Gasteiger partial charge is 0.173 e. The normalized spacial score (nSPS) is 23.8. The molecule has 0 unspecified atom stereocenters. The van der Waals surface area contributed by atoms with Gasteiger partial charge in [-0.2, -0.15) is 0 Å². The van der Waals surface area contributed by atoms with E-state index < -0.39 is 11.5 Å². The average molecular weight is 530 g/mol. The van der Waals surface area contributed by atoms with Crippen molar-refractivity contribution in [1.82, 2.24) is 0 Å². The van der Waals surface area contributed by atoms with Crippen LogP contribution in [0, 0.1) is 5.92 Å². The minimum atomic E-state index is -0.646. The molecule has 4 aromatic carbocycles. The van der Waals surface area contributed by atoms with Gasteiger partial charge in [-0.25, -0.2) is 0 Å². The van der Waals surface area contributed by atoms with Gasteiger partial charge >= 0.3 is 0 Å². The molecule has 0 bridgehead atoms. The molecule has 0 saturated carbocycles. The number of ketones is 1. The van der Waals surface area contributed by atoms with Crippen LogP contribution in [0.5, 0.6) is 0 Å². The van der Waals surface area contributed by atoms with E-state index in [1.165, 1.54) is 11.3 Å². The molecular weight excluding hydrogens is 498 g/mol. The van der Waals surface area contributed by atoms with E-state index in [2.05, 4.69) is 86.5 Å². The van der Waals surface area contributed by atoms with Gasteiger partial charge in [-0.1, -0.05) is 116 Å². The molecule has 39 heavy (non-hydrogen) atoms. The number of fused-ring (bicyclic) bond motifs is 1. The summed E-state index contributed by atoms with van der Waals surface area (Å²) in [4.78, 5) is 17.2. The Kier molecular flexibility index (Phi) is 6.32. The van der Waals surface area contributed by atoms with Crippen LogP contribution in [-0.4, -0.2) is 18.4 Å². The summed E-state index contributed by atoms with van der Waals surface area (Å²) < 4.78 is 0. The zero-order valence-corrected chi connectivity index (χ0v) is 23.3. The number of allylic oxidation sites excluding steroid dienone is 2. The summed E-state index contributed by atoms with van der Waals surface area (Å²) in [6.45, 7) is 4.59. The molecule has 3 heteroatoms. The van der Waals surface area contributed by atoms with Gasteiger partial charge in [-0.15, -0.1) is 0 Å². The Hall–Kier alpha value is -3.88. The summed E-state index contributed by atoms with van der Waals surface area (Å²) in [6, 6.07) is 36.8. The average Bonchev–Trinajstić information content (AvgIpc) is 3.17. The first kappa shape index (κ1) is 25.4. The highest BCUT2D eigenvalue weighted by Crippen LogP contribution is 2.61. The van der Waals surface area contributed by atoms with Gasteiger partial charge in [0.1, 0.15) is 0 Å². The fourth-order valence-corrected chi connectivity index (χ4v) is 7.04. The van der Waals surface area contributed by atoms with Crippen molar-refractivity contribution in [3.05, 3.63) is 149 Å². The van der Waals surface area contributed by atoms with E-state index in [1.807, 2.05) is 60.7 Å². The maximum Gasteiger partial charge on any atom is 0.173 e. The predicted octanol–water partition coefficient (Wildman–Crippen LogP) is 8.88. The minimum Gasteiger partial charge on any atom is -0.363 e. The molecule has 194 valence electrons. The van der Waals surface area contributed by atoms with Crippen LogP contribution in [-0.2, 0) is 5.41 Å². The first-order valence-electron chi connectivity index (χ1n) is 13.6. The molecule has 1 spiro atoms. The maximum atomic E-state index is 14.8. The number of nitrogens with zero attached hydrogens (tertiary/aromatic N) is 1. The Labute approximate surface area is 236 Å².